The number of ether oxygens (including phenoxy) is 1. The Morgan fingerprint density at radius 1 is 0.958 bits per heavy atom. The molecule has 24 heavy (non-hydrogen) atoms. The number of amides is 2. The summed E-state index contributed by atoms with van der Waals surface area (Å²) in [5, 5.41) is 8.40. The molecule has 0 heterocycles. The van der Waals surface area contributed by atoms with Crippen molar-refractivity contribution >= 4 is 34.1 Å². The summed E-state index contributed by atoms with van der Waals surface area (Å²) in [5.74, 6) is 0.718. The zero-order valence-electron chi connectivity index (χ0n) is 13.0. The summed E-state index contributed by atoms with van der Waals surface area (Å²) in [6, 6.07) is 20.6. The molecule has 0 saturated carbocycles. The molecule has 0 atom stereocenters. The van der Waals surface area contributed by atoms with E-state index in [1.54, 1.807) is 24.3 Å². The zero-order chi connectivity index (χ0) is 16.8. The average Bonchev–Trinajstić information content (AvgIpc) is 2.61. The number of fused-ring (bicyclic) bond motifs is 1. The quantitative estimate of drug-likeness (QED) is 0.662. The van der Waals surface area contributed by atoms with Crippen LogP contribution < -0.4 is 15.4 Å². The molecule has 4 nitrogen and oxygen atoms in total. The number of carbonyl (C=O) groups excluding carboxylic acids is 1. The van der Waals surface area contributed by atoms with Crippen molar-refractivity contribution in [3.63, 3.8) is 0 Å². The SMILES string of the molecule is O=C(NCCOc1ccc(Cl)cc1)Nc1cccc2ccccc12. The van der Waals surface area contributed by atoms with Crippen LogP contribution in [0.1, 0.15) is 0 Å². The molecule has 0 aliphatic rings. The van der Waals surface area contributed by atoms with Crippen LogP contribution in [0.5, 0.6) is 5.75 Å². The first-order valence-electron chi connectivity index (χ1n) is 7.63. The van der Waals surface area contributed by atoms with Gasteiger partial charge in [0.15, 0.2) is 0 Å². The minimum absolute atomic E-state index is 0.258. The van der Waals surface area contributed by atoms with Gasteiger partial charge in [-0.3, -0.25) is 0 Å². The Balaban J connectivity index is 1.49. The molecule has 0 fully saturated rings. The third-order valence-corrected chi connectivity index (χ3v) is 3.76. The van der Waals surface area contributed by atoms with Crippen LogP contribution in [0.4, 0.5) is 10.5 Å². The molecule has 3 rings (SSSR count). The van der Waals surface area contributed by atoms with Gasteiger partial charge in [0.1, 0.15) is 12.4 Å². The summed E-state index contributed by atoms with van der Waals surface area (Å²) in [7, 11) is 0. The van der Waals surface area contributed by atoms with E-state index < -0.39 is 0 Å². The summed E-state index contributed by atoms with van der Waals surface area (Å²) in [6.07, 6.45) is 0. The second kappa shape index (κ2) is 7.70. The lowest BCUT2D eigenvalue weighted by Crippen LogP contribution is -2.32. The van der Waals surface area contributed by atoms with Crippen LogP contribution in [0, 0.1) is 0 Å². The second-order valence-electron chi connectivity index (χ2n) is 5.21. The molecule has 122 valence electrons. The molecule has 0 aliphatic carbocycles. The molecule has 0 spiro atoms. The van der Waals surface area contributed by atoms with Crippen LogP contribution >= 0.6 is 11.6 Å². The molecule has 0 aromatic heterocycles. The van der Waals surface area contributed by atoms with Crippen molar-refractivity contribution in [1.29, 1.82) is 0 Å². The number of benzene rings is 3. The number of nitrogens with one attached hydrogen (secondary N) is 2. The highest BCUT2D eigenvalue weighted by Crippen LogP contribution is 2.22. The molecule has 3 aromatic rings. The Bertz CT molecular complexity index is 829. The lowest BCUT2D eigenvalue weighted by Gasteiger charge is -2.11. The molecule has 0 bridgehead atoms. The van der Waals surface area contributed by atoms with Gasteiger partial charge < -0.3 is 15.4 Å². The lowest BCUT2D eigenvalue weighted by molar-refractivity contribution is 0.247. The van der Waals surface area contributed by atoms with Gasteiger partial charge in [-0.05, 0) is 35.7 Å². The predicted molar refractivity (Wildman–Crippen MR) is 97.9 cm³/mol. The molecule has 2 N–H and O–H groups in total. The summed E-state index contributed by atoms with van der Waals surface area (Å²) < 4.78 is 5.53. The Morgan fingerprint density at radius 2 is 1.71 bits per heavy atom. The molecule has 3 aromatic carbocycles. The second-order valence-corrected chi connectivity index (χ2v) is 5.65. The Labute approximate surface area is 145 Å². The van der Waals surface area contributed by atoms with Crippen LogP contribution in [-0.4, -0.2) is 19.2 Å². The van der Waals surface area contributed by atoms with E-state index in [9.17, 15) is 4.79 Å². The summed E-state index contributed by atoms with van der Waals surface area (Å²) in [4.78, 5) is 12.0. The van der Waals surface area contributed by atoms with Crippen molar-refractivity contribution in [2.24, 2.45) is 0 Å². The highest BCUT2D eigenvalue weighted by molar-refractivity contribution is 6.30. The minimum Gasteiger partial charge on any atom is -0.492 e. The first-order chi connectivity index (χ1) is 11.7. The van der Waals surface area contributed by atoms with E-state index in [0.717, 1.165) is 22.2 Å². The number of hydrogen-bond acceptors (Lipinski definition) is 2. The van der Waals surface area contributed by atoms with Crippen molar-refractivity contribution in [1.82, 2.24) is 5.32 Å². The molecular weight excluding hydrogens is 324 g/mol. The number of hydrogen-bond donors (Lipinski definition) is 2. The van der Waals surface area contributed by atoms with E-state index in [0.29, 0.717) is 18.2 Å². The number of anilines is 1. The topological polar surface area (TPSA) is 50.4 Å². The monoisotopic (exact) mass is 340 g/mol. The lowest BCUT2D eigenvalue weighted by atomic mass is 10.1. The fourth-order valence-corrected chi connectivity index (χ4v) is 2.49. The van der Waals surface area contributed by atoms with E-state index in [1.807, 2.05) is 42.5 Å². The molecule has 2 amide bonds. The third-order valence-electron chi connectivity index (χ3n) is 3.51. The van der Waals surface area contributed by atoms with Gasteiger partial charge in [-0.15, -0.1) is 0 Å². The van der Waals surface area contributed by atoms with E-state index in [1.165, 1.54) is 0 Å². The number of urea groups is 1. The summed E-state index contributed by atoms with van der Waals surface area (Å²) in [5.41, 5.74) is 0.782. The van der Waals surface area contributed by atoms with Crippen LogP contribution in [0.2, 0.25) is 5.02 Å². The highest BCUT2D eigenvalue weighted by Gasteiger charge is 2.04. The molecule has 0 saturated heterocycles. The standard InChI is InChI=1S/C19H17ClN2O2/c20-15-8-10-16(11-9-15)24-13-12-21-19(23)22-18-7-3-5-14-4-1-2-6-17(14)18/h1-11H,12-13H2,(H2,21,22,23). The van der Waals surface area contributed by atoms with Gasteiger partial charge in [0, 0.05) is 10.4 Å². The average molecular weight is 341 g/mol. The maximum atomic E-state index is 12.0. The summed E-state index contributed by atoms with van der Waals surface area (Å²) >= 11 is 5.81. The Hall–Kier alpha value is -2.72. The van der Waals surface area contributed by atoms with E-state index in [4.69, 9.17) is 16.3 Å². The van der Waals surface area contributed by atoms with Gasteiger partial charge in [0.2, 0.25) is 0 Å². The molecule has 0 unspecified atom stereocenters. The van der Waals surface area contributed by atoms with Crippen molar-refractivity contribution in [3.05, 3.63) is 71.8 Å². The fraction of sp³-hybridized carbons (Fsp3) is 0.105. The van der Waals surface area contributed by atoms with Gasteiger partial charge >= 0.3 is 6.03 Å². The number of carbonyl (C=O) groups is 1. The highest BCUT2D eigenvalue weighted by atomic mass is 35.5. The van der Waals surface area contributed by atoms with Crippen LogP contribution in [0.25, 0.3) is 10.8 Å². The maximum absolute atomic E-state index is 12.0. The first-order valence-corrected chi connectivity index (χ1v) is 8.01. The number of rotatable bonds is 5. The van der Waals surface area contributed by atoms with Crippen molar-refractivity contribution in [3.8, 4) is 5.75 Å². The van der Waals surface area contributed by atoms with Crippen LogP contribution in [0.3, 0.4) is 0 Å². The van der Waals surface area contributed by atoms with E-state index >= 15 is 0 Å². The van der Waals surface area contributed by atoms with Crippen molar-refractivity contribution in [2.75, 3.05) is 18.5 Å². The molecule has 0 aliphatic heterocycles. The maximum Gasteiger partial charge on any atom is 0.319 e. The van der Waals surface area contributed by atoms with Gasteiger partial charge in [0.05, 0.1) is 12.2 Å². The van der Waals surface area contributed by atoms with Gasteiger partial charge in [-0.2, -0.15) is 0 Å². The molecule has 5 heteroatoms. The first kappa shape index (κ1) is 16.1. The van der Waals surface area contributed by atoms with E-state index in [-0.39, 0.29) is 6.03 Å². The van der Waals surface area contributed by atoms with Gasteiger partial charge in [-0.1, -0.05) is 48.0 Å². The van der Waals surface area contributed by atoms with Crippen LogP contribution in [0.15, 0.2) is 66.7 Å². The van der Waals surface area contributed by atoms with Crippen LogP contribution in [-0.2, 0) is 0 Å². The smallest absolute Gasteiger partial charge is 0.319 e. The molecule has 0 radical (unpaired) electrons. The fourth-order valence-electron chi connectivity index (χ4n) is 2.37. The summed E-state index contributed by atoms with van der Waals surface area (Å²) in [6.45, 7) is 0.782. The van der Waals surface area contributed by atoms with Gasteiger partial charge in [-0.25, -0.2) is 4.79 Å². The Kier molecular flexibility index (Phi) is 5.18. The predicted octanol–water partition coefficient (Wildman–Crippen LogP) is 4.69. The third kappa shape index (κ3) is 4.18. The van der Waals surface area contributed by atoms with Crippen molar-refractivity contribution in [2.45, 2.75) is 0 Å². The Morgan fingerprint density at radius 3 is 2.54 bits per heavy atom. The normalized spacial score (nSPS) is 10.4. The zero-order valence-corrected chi connectivity index (χ0v) is 13.7. The van der Waals surface area contributed by atoms with Crippen molar-refractivity contribution < 1.29 is 9.53 Å². The minimum atomic E-state index is -0.258. The largest absolute Gasteiger partial charge is 0.492 e. The number of halogens is 1. The molecular formula is C19H17ClN2O2. The van der Waals surface area contributed by atoms with Gasteiger partial charge in [0.25, 0.3) is 0 Å². The van der Waals surface area contributed by atoms with E-state index in [2.05, 4.69) is 10.6 Å².